The summed E-state index contributed by atoms with van der Waals surface area (Å²) in [5.74, 6) is 0. The van der Waals surface area contributed by atoms with E-state index in [0.29, 0.717) is 10.5 Å². The van der Waals surface area contributed by atoms with E-state index in [0.717, 1.165) is 16.5 Å². The summed E-state index contributed by atoms with van der Waals surface area (Å²) in [4.78, 5) is 3.96. The van der Waals surface area contributed by atoms with Crippen LogP contribution in [-0.2, 0) is 0 Å². The first-order chi connectivity index (χ1) is 7.50. The standard InChI is InChI=1S/C12H10ClF2N/c1-6-3-4-7(2)11-10(6)8(13)5-9(16-11)12(14)15/h3-5,12H,1-2H3. The monoisotopic (exact) mass is 241 g/mol. The van der Waals surface area contributed by atoms with Gasteiger partial charge in [-0.05, 0) is 31.0 Å². The zero-order valence-corrected chi connectivity index (χ0v) is 9.65. The van der Waals surface area contributed by atoms with Crippen LogP contribution in [0.4, 0.5) is 8.78 Å². The molecule has 0 unspecified atom stereocenters. The molecule has 0 aliphatic rings. The molecule has 2 rings (SSSR count). The summed E-state index contributed by atoms with van der Waals surface area (Å²) in [5, 5.41) is 1.09. The van der Waals surface area contributed by atoms with E-state index in [1.807, 2.05) is 26.0 Å². The number of halogens is 3. The zero-order valence-electron chi connectivity index (χ0n) is 8.89. The Morgan fingerprint density at radius 2 is 1.81 bits per heavy atom. The maximum Gasteiger partial charge on any atom is 0.280 e. The predicted molar refractivity (Wildman–Crippen MR) is 61.2 cm³/mol. The minimum Gasteiger partial charge on any atom is -0.246 e. The molecule has 4 heteroatoms. The molecule has 0 amide bonds. The second kappa shape index (κ2) is 3.98. The normalized spacial score (nSPS) is 11.4. The highest BCUT2D eigenvalue weighted by atomic mass is 35.5. The van der Waals surface area contributed by atoms with Crippen LogP contribution < -0.4 is 0 Å². The van der Waals surface area contributed by atoms with Crippen molar-refractivity contribution in [3.63, 3.8) is 0 Å². The van der Waals surface area contributed by atoms with E-state index in [9.17, 15) is 8.78 Å². The number of hydrogen-bond acceptors (Lipinski definition) is 1. The van der Waals surface area contributed by atoms with Gasteiger partial charge in [0.25, 0.3) is 6.43 Å². The van der Waals surface area contributed by atoms with Crippen LogP contribution >= 0.6 is 11.6 Å². The third-order valence-electron chi connectivity index (χ3n) is 2.57. The smallest absolute Gasteiger partial charge is 0.246 e. The first kappa shape index (κ1) is 11.3. The average molecular weight is 242 g/mol. The molecule has 0 fully saturated rings. The van der Waals surface area contributed by atoms with Gasteiger partial charge in [-0.2, -0.15) is 0 Å². The maximum absolute atomic E-state index is 12.6. The van der Waals surface area contributed by atoms with Crippen molar-refractivity contribution >= 4 is 22.5 Å². The van der Waals surface area contributed by atoms with E-state index in [1.54, 1.807) is 0 Å². The summed E-state index contributed by atoms with van der Waals surface area (Å²) in [7, 11) is 0. The Labute approximate surface area is 97.1 Å². The first-order valence-electron chi connectivity index (χ1n) is 4.85. The third-order valence-corrected chi connectivity index (χ3v) is 2.86. The van der Waals surface area contributed by atoms with Crippen LogP contribution in [0.2, 0.25) is 5.02 Å². The second-order valence-corrected chi connectivity index (χ2v) is 4.16. The lowest BCUT2D eigenvalue weighted by Gasteiger charge is -2.09. The number of hydrogen-bond donors (Lipinski definition) is 0. The van der Waals surface area contributed by atoms with Crippen LogP contribution in [0.5, 0.6) is 0 Å². The Balaban J connectivity index is 2.86. The number of rotatable bonds is 1. The molecule has 16 heavy (non-hydrogen) atoms. The molecule has 0 bridgehead atoms. The highest BCUT2D eigenvalue weighted by molar-refractivity contribution is 6.35. The lowest BCUT2D eigenvalue weighted by Crippen LogP contribution is -1.94. The molecule has 0 atom stereocenters. The Kier molecular flexibility index (Phi) is 2.80. The van der Waals surface area contributed by atoms with E-state index in [4.69, 9.17) is 11.6 Å². The van der Waals surface area contributed by atoms with Gasteiger partial charge in [-0.1, -0.05) is 23.7 Å². The van der Waals surface area contributed by atoms with Crippen molar-refractivity contribution in [2.45, 2.75) is 20.3 Å². The van der Waals surface area contributed by atoms with Gasteiger partial charge in [0.05, 0.1) is 10.5 Å². The van der Waals surface area contributed by atoms with Crippen LogP contribution in [-0.4, -0.2) is 4.98 Å². The van der Waals surface area contributed by atoms with E-state index in [1.165, 1.54) is 6.07 Å². The molecule has 0 radical (unpaired) electrons. The van der Waals surface area contributed by atoms with Crippen molar-refractivity contribution in [2.75, 3.05) is 0 Å². The van der Waals surface area contributed by atoms with Crippen molar-refractivity contribution in [2.24, 2.45) is 0 Å². The molecule has 0 saturated carbocycles. The Morgan fingerprint density at radius 1 is 1.19 bits per heavy atom. The van der Waals surface area contributed by atoms with Gasteiger partial charge < -0.3 is 0 Å². The van der Waals surface area contributed by atoms with Gasteiger partial charge >= 0.3 is 0 Å². The van der Waals surface area contributed by atoms with Gasteiger partial charge in [0.15, 0.2) is 0 Å². The molecule has 0 N–H and O–H groups in total. The van der Waals surface area contributed by atoms with Crippen LogP contribution in [0.25, 0.3) is 10.9 Å². The number of nitrogens with zero attached hydrogens (tertiary/aromatic N) is 1. The first-order valence-corrected chi connectivity index (χ1v) is 5.23. The molecule has 1 heterocycles. The quantitative estimate of drug-likeness (QED) is 0.719. The summed E-state index contributed by atoms with van der Waals surface area (Å²) < 4.78 is 25.2. The van der Waals surface area contributed by atoms with Gasteiger partial charge in [0.2, 0.25) is 0 Å². The molecule has 84 valence electrons. The fourth-order valence-corrected chi connectivity index (χ4v) is 2.07. The van der Waals surface area contributed by atoms with Crippen LogP contribution in [0.3, 0.4) is 0 Å². The molecule has 0 spiro atoms. The predicted octanol–water partition coefficient (Wildman–Crippen LogP) is 4.44. The summed E-state index contributed by atoms with van der Waals surface area (Å²) >= 11 is 6.01. The highest BCUT2D eigenvalue weighted by Crippen LogP contribution is 2.31. The van der Waals surface area contributed by atoms with Crippen molar-refractivity contribution in [1.82, 2.24) is 4.98 Å². The third kappa shape index (κ3) is 1.76. The molecular formula is C12H10ClF2N. The molecule has 1 aromatic heterocycles. The molecule has 2 aromatic rings. The second-order valence-electron chi connectivity index (χ2n) is 3.75. The maximum atomic E-state index is 12.6. The largest absolute Gasteiger partial charge is 0.280 e. The summed E-state index contributed by atoms with van der Waals surface area (Å²) in [5.41, 5.74) is 2.08. The SMILES string of the molecule is Cc1ccc(C)c2c(Cl)cc(C(F)F)nc12. The van der Waals surface area contributed by atoms with Crippen molar-refractivity contribution in [3.8, 4) is 0 Å². The Bertz CT molecular complexity index is 552. The Hall–Kier alpha value is -1.22. The van der Waals surface area contributed by atoms with Crippen LogP contribution in [0.1, 0.15) is 23.2 Å². The van der Waals surface area contributed by atoms with Crippen molar-refractivity contribution < 1.29 is 8.78 Å². The molecule has 1 nitrogen and oxygen atoms in total. The number of aromatic nitrogens is 1. The molecule has 0 aliphatic heterocycles. The summed E-state index contributed by atoms with van der Waals surface area (Å²) in [6.45, 7) is 3.72. The number of pyridine rings is 1. The minimum absolute atomic E-state index is 0.272. The van der Waals surface area contributed by atoms with Crippen molar-refractivity contribution in [1.29, 1.82) is 0 Å². The molecule has 0 aliphatic carbocycles. The average Bonchev–Trinajstić information content (AvgIpc) is 2.22. The fourth-order valence-electron chi connectivity index (χ4n) is 1.72. The molecular weight excluding hydrogens is 232 g/mol. The molecule has 1 aromatic carbocycles. The Morgan fingerprint density at radius 3 is 2.44 bits per heavy atom. The molecule has 0 saturated heterocycles. The van der Waals surface area contributed by atoms with Crippen LogP contribution in [0, 0.1) is 13.8 Å². The fraction of sp³-hybridized carbons (Fsp3) is 0.250. The zero-order chi connectivity index (χ0) is 11.9. The summed E-state index contributed by atoms with van der Waals surface area (Å²) in [6.07, 6.45) is -2.60. The van der Waals surface area contributed by atoms with E-state index < -0.39 is 6.43 Å². The number of aryl methyl sites for hydroxylation is 2. The lowest BCUT2D eigenvalue weighted by atomic mass is 10.1. The van der Waals surface area contributed by atoms with E-state index >= 15 is 0 Å². The van der Waals surface area contributed by atoms with Gasteiger partial charge in [-0.15, -0.1) is 0 Å². The number of benzene rings is 1. The minimum atomic E-state index is -2.60. The number of fused-ring (bicyclic) bond motifs is 1. The number of alkyl halides is 2. The summed E-state index contributed by atoms with van der Waals surface area (Å²) in [6, 6.07) is 5.00. The van der Waals surface area contributed by atoms with E-state index in [2.05, 4.69) is 4.98 Å². The lowest BCUT2D eigenvalue weighted by molar-refractivity contribution is 0.146. The van der Waals surface area contributed by atoms with Gasteiger partial charge in [-0.25, -0.2) is 13.8 Å². The van der Waals surface area contributed by atoms with Crippen LogP contribution in [0.15, 0.2) is 18.2 Å². The van der Waals surface area contributed by atoms with Crippen molar-refractivity contribution in [3.05, 3.63) is 40.0 Å². The van der Waals surface area contributed by atoms with Gasteiger partial charge in [0, 0.05) is 5.39 Å². The van der Waals surface area contributed by atoms with Gasteiger partial charge in [-0.3, -0.25) is 0 Å². The highest BCUT2D eigenvalue weighted by Gasteiger charge is 2.14. The van der Waals surface area contributed by atoms with E-state index in [-0.39, 0.29) is 5.69 Å². The topological polar surface area (TPSA) is 12.9 Å². The van der Waals surface area contributed by atoms with Gasteiger partial charge in [0.1, 0.15) is 5.69 Å².